The molecule has 0 saturated carbocycles. The van der Waals surface area contributed by atoms with Crippen LogP contribution in [0, 0.1) is 0 Å². The maximum Gasteiger partial charge on any atom is 0.245 e. The van der Waals surface area contributed by atoms with E-state index in [-0.39, 0.29) is 23.9 Å². The number of aromatic amines is 1. The van der Waals surface area contributed by atoms with Gasteiger partial charge in [-0.05, 0) is 42.5 Å². The molecule has 1 fully saturated rings. The highest BCUT2D eigenvalue weighted by Crippen LogP contribution is 2.42. The third kappa shape index (κ3) is 3.86. The van der Waals surface area contributed by atoms with Crippen molar-refractivity contribution in [3.63, 3.8) is 0 Å². The molecule has 2 aliphatic rings. The second-order valence-electron chi connectivity index (χ2n) is 9.34. The van der Waals surface area contributed by atoms with Crippen LogP contribution in [-0.2, 0) is 22.4 Å². The first-order valence-corrected chi connectivity index (χ1v) is 11.7. The summed E-state index contributed by atoms with van der Waals surface area (Å²) in [5.41, 5.74) is 10.1. The molecule has 2 aromatic carbocycles. The van der Waals surface area contributed by atoms with Crippen LogP contribution in [0.25, 0.3) is 10.9 Å². The van der Waals surface area contributed by atoms with Gasteiger partial charge < -0.3 is 25.8 Å². The lowest BCUT2D eigenvalue weighted by Gasteiger charge is -2.46. The second kappa shape index (κ2) is 8.56. The number of carbonyl (C=O) groups is 2. The average Bonchev–Trinajstić information content (AvgIpc) is 3.37. The van der Waals surface area contributed by atoms with E-state index < -0.39 is 6.04 Å². The highest BCUT2D eigenvalue weighted by Gasteiger charge is 2.46. The van der Waals surface area contributed by atoms with Crippen LogP contribution in [0.1, 0.15) is 24.0 Å². The summed E-state index contributed by atoms with van der Waals surface area (Å²) in [6.07, 6.45) is 5.28. The largest absolute Gasteiger partial charge is 0.367 e. The topological polar surface area (TPSA) is 94.5 Å². The fraction of sp³-hybridized carbons (Fsp3) is 0.385. The summed E-state index contributed by atoms with van der Waals surface area (Å²) in [6, 6.07) is 15.8. The number of rotatable bonds is 5. The number of nitrogens with one attached hydrogen (secondary N) is 2. The van der Waals surface area contributed by atoms with E-state index in [1.54, 1.807) is 0 Å². The van der Waals surface area contributed by atoms with E-state index in [4.69, 9.17) is 5.73 Å². The number of nitrogens with two attached hydrogens (primary N) is 1. The summed E-state index contributed by atoms with van der Waals surface area (Å²) >= 11 is 0. The van der Waals surface area contributed by atoms with Crippen LogP contribution in [-0.4, -0.2) is 60.0 Å². The minimum atomic E-state index is -0.649. The number of hydrogen-bond acceptors (Lipinski definition) is 4. The molecule has 0 aliphatic carbocycles. The minimum Gasteiger partial charge on any atom is -0.367 e. The Morgan fingerprint density at radius 3 is 2.79 bits per heavy atom. The third-order valence-electron chi connectivity index (χ3n) is 7.37. The summed E-state index contributed by atoms with van der Waals surface area (Å²) in [5.74, 6) is -0.351. The summed E-state index contributed by atoms with van der Waals surface area (Å²) in [4.78, 5) is 33.6. The molecule has 2 amide bonds. The SMILES string of the molecule is CN1c2ccccc2CC12CCCN(C(=O)C(Cc1c[nH]c3ccccc13)NC(=O)CN)C2. The highest BCUT2D eigenvalue weighted by molar-refractivity contribution is 5.90. The lowest BCUT2D eigenvalue weighted by molar-refractivity contribution is -0.138. The summed E-state index contributed by atoms with van der Waals surface area (Å²) in [7, 11) is 2.14. The van der Waals surface area contributed by atoms with E-state index in [0.717, 1.165) is 35.7 Å². The Morgan fingerprint density at radius 2 is 1.97 bits per heavy atom. The molecule has 33 heavy (non-hydrogen) atoms. The number of nitrogens with zero attached hydrogens (tertiary/aromatic N) is 2. The van der Waals surface area contributed by atoms with Crippen molar-refractivity contribution in [2.45, 2.75) is 37.3 Å². The third-order valence-corrected chi connectivity index (χ3v) is 7.37. The molecule has 172 valence electrons. The number of para-hydroxylation sites is 2. The molecule has 3 aromatic rings. The predicted molar refractivity (Wildman–Crippen MR) is 130 cm³/mol. The van der Waals surface area contributed by atoms with Gasteiger partial charge in [-0.2, -0.15) is 0 Å². The van der Waals surface area contributed by atoms with Crippen molar-refractivity contribution in [2.24, 2.45) is 5.73 Å². The molecule has 2 atom stereocenters. The first-order valence-electron chi connectivity index (χ1n) is 11.7. The van der Waals surface area contributed by atoms with Gasteiger partial charge in [-0.15, -0.1) is 0 Å². The summed E-state index contributed by atoms with van der Waals surface area (Å²) in [6.45, 7) is 1.22. The number of fused-ring (bicyclic) bond motifs is 2. The Balaban J connectivity index is 1.39. The number of likely N-dealkylation sites (tertiary alicyclic amines) is 1. The number of aromatic nitrogens is 1. The van der Waals surface area contributed by atoms with Crippen LogP contribution in [0.2, 0.25) is 0 Å². The summed E-state index contributed by atoms with van der Waals surface area (Å²) < 4.78 is 0. The number of likely N-dealkylation sites (N-methyl/N-ethyl adjacent to an activating group) is 1. The molecular formula is C26H31N5O2. The van der Waals surface area contributed by atoms with Crippen molar-refractivity contribution in [1.82, 2.24) is 15.2 Å². The van der Waals surface area contributed by atoms with Gasteiger partial charge in [0.2, 0.25) is 11.8 Å². The van der Waals surface area contributed by atoms with E-state index in [9.17, 15) is 9.59 Å². The molecule has 4 N–H and O–H groups in total. The monoisotopic (exact) mass is 445 g/mol. The van der Waals surface area contributed by atoms with Gasteiger partial charge in [0.1, 0.15) is 6.04 Å². The number of piperidine rings is 1. The number of benzene rings is 2. The molecule has 1 spiro atoms. The van der Waals surface area contributed by atoms with Crippen LogP contribution < -0.4 is 16.0 Å². The van der Waals surface area contributed by atoms with Crippen molar-refractivity contribution in [1.29, 1.82) is 0 Å². The number of H-pyrrole nitrogens is 1. The minimum absolute atomic E-state index is 0.0366. The zero-order chi connectivity index (χ0) is 23.0. The summed E-state index contributed by atoms with van der Waals surface area (Å²) in [5, 5.41) is 3.96. The maximum atomic E-state index is 13.8. The lowest BCUT2D eigenvalue weighted by Crippen LogP contribution is -2.61. The van der Waals surface area contributed by atoms with Crippen LogP contribution in [0.15, 0.2) is 54.7 Å². The molecule has 5 rings (SSSR count). The van der Waals surface area contributed by atoms with Gasteiger partial charge >= 0.3 is 0 Å². The Kier molecular flexibility index (Phi) is 5.58. The first kappa shape index (κ1) is 21.5. The molecule has 2 aliphatic heterocycles. The van der Waals surface area contributed by atoms with Gasteiger partial charge in [0, 0.05) is 49.3 Å². The van der Waals surface area contributed by atoms with Gasteiger partial charge in [-0.25, -0.2) is 0 Å². The molecule has 7 heteroatoms. The number of carbonyl (C=O) groups excluding carboxylic acids is 2. The number of amides is 2. The van der Waals surface area contributed by atoms with Crippen molar-refractivity contribution >= 4 is 28.4 Å². The smallest absolute Gasteiger partial charge is 0.245 e. The van der Waals surface area contributed by atoms with Gasteiger partial charge in [0.25, 0.3) is 0 Å². The predicted octanol–water partition coefficient (Wildman–Crippen LogP) is 2.21. The highest BCUT2D eigenvalue weighted by atomic mass is 16.2. The van der Waals surface area contributed by atoms with E-state index in [1.807, 2.05) is 35.4 Å². The van der Waals surface area contributed by atoms with Gasteiger partial charge in [0.15, 0.2) is 0 Å². The van der Waals surface area contributed by atoms with Crippen LogP contribution in [0.5, 0.6) is 0 Å². The van der Waals surface area contributed by atoms with Gasteiger partial charge in [-0.3, -0.25) is 9.59 Å². The van der Waals surface area contributed by atoms with E-state index in [1.165, 1.54) is 11.3 Å². The van der Waals surface area contributed by atoms with Gasteiger partial charge in [-0.1, -0.05) is 36.4 Å². The zero-order valence-corrected chi connectivity index (χ0v) is 19.0. The van der Waals surface area contributed by atoms with Crippen LogP contribution in [0.3, 0.4) is 0 Å². The van der Waals surface area contributed by atoms with Crippen molar-refractivity contribution in [3.8, 4) is 0 Å². The van der Waals surface area contributed by atoms with Crippen LogP contribution in [0.4, 0.5) is 5.69 Å². The maximum absolute atomic E-state index is 13.8. The van der Waals surface area contributed by atoms with E-state index >= 15 is 0 Å². The Bertz CT molecular complexity index is 1190. The molecule has 1 aromatic heterocycles. The molecule has 0 bridgehead atoms. The fourth-order valence-electron chi connectivity index (χ4n) is 5.63. The Morgan fingerprint density at radius 1 is 1.18 bits per heavy atom. The zero-order valence-electron chi connectivity index (χ0n) is 19.0. The second-order valence-corrected chi connectivity index (χ2v) is 9.34. The molecule has 7 nitrogen and oxygen atoms in total. The standard InChI is InChI=1S/C26H31N5O2/c1-30-23-10-5-2-7-18(23)14-26(30)11-6-12-31(17-26)25(33)22(29-24(32)15-27)13-19-16-28-21-9-4-3-8-20(19)21/h2-5,7-10,16,22,28H,6,11-15,17,27H2,1H3,(H,29,32). The van der Waals surface area contributed by atoms with Gasteiger partial charge in [0.05, 0.1) is 12.1 Å². The van der Waals surface area contributed by atoms with Crippen molar-refractivity contribution in [2.75, 3.05) is 31.6 Å². The Labute approximate surface area is 193 Å². The van der Waals surface area contributed by atoms with Crippen molar-refractivity contribution in [3.05, 3.63) is 65.9 Å². The average molecular weight is 446 g/mol. The Hall–Kier alpha value is -3.32. The number of hydrogen-bond donors (Lipinski definition) is 3. The van der Waals surface area contributed by atoms with E-state index in [2.05, 4.69) is 46.5 Å². The van der Waals surface area contributed by atoms with E-state index in [0.29, 0.717) is 19.5 Å². The van der Waals surface area contributed by atoms with Crippen LogP contribution >= 0.6 is 0 Å². The fourth-order valence-corrected chi connectivity index (χ4v) is 5.63. The normalized spacial score (nSPS) is 20.8. The molecule has 2 unspecified atom stereocenters. The lowest BCUT2D eigenvalue weighted by atomic mass is 9.85. The first-order chi connectivity index (χ1) is 16.0. The molecule has 0 radical (unpaired) electrons. The molecule has 1 saturated heterocycles. The quantitative estimate of drug-likeness (QED) is 0.561. The molecule has 3 heterocycles. The number of anilines is 1. The molecular weight excluding hydrogens is 414 g/mol. The van der Waals surface area contributed by atoms with Crippen molar-refractivity contribution < 1.29 is 9.59 Å².